The van der Waals surface area contributed by atoms with E-state index in [1.54, 1.807) is 30.0 Å². The molecule has 3 N–H and O–H groups in total. The number of hydrogen-bond acceptors (Lipinski definition) is 3. The summed E-state index contributed by atoms with van der Waals surface area (Å²) < 4.78 is 0. The molecule has 2 aromatic carbocycles. The van der Waals surface area contributed by atoms with Gasteiger partial charge in [0.25, 0.3) is 0 Å². The Labute approximate surface area is 141 Å². The monoisotopic (exact) mass is 347 g/mol. The first-order valence-corrected chi connectivity index (χ1v) is 8.37. The molecule has 23 heavy (non-hydrogen) atoms. The van der Waals surface area contributed by atoms with E-state index in [2.05, 4.69) is 15.3 Å². The van der Waals surface area contributed by atoms with Crippen molar-refractivity contribution in [2.45, 2.75) is 11.3 Å². The minimum absolute atomic E-state index is 0.0660. The van der Waals surface area contributed by atoms with Crippen LogP contribution in [0.5, 0.6) is 0 Å². The lowest BCUT2D eigenvalue weighted by Crippen LogP contribution is -2.12. The Kier molecular flexibility index (Phi) is 4.73. The third-order valence-corrected chi connectivity index (χ3v) is 4.48. The standard InChI is InChI=1S/C16H14ClN3O2S/c17-10-1-4-12(5-2-10)23-8-7-15(21)18-11-3-6-13-14(9-11)20-16(22)19-13/h1-6,9H,7-8H2,(H,18,21)(H2,19,20,22). The number of carbonyl (C=O) groups excluding carboxylic acids is 1. The molecule has 0 unspecified atom stereocenters. The minimum atomic E-state index is -0.261. The van der Waals surface area contributed by atoms with Gasteiger partial charge in [-0.2, -0.15) is 0 Å². The van der Waals surface area contributed by atoms with Gasteiger partial charge in [0.15, 0.2) is 0 Å². The molecule has 0 aliphatic rings. The van der Waals surface area contributed by atoms with Crippen molar-refractivity contribution < 1.29 is 4.79 Å². The molecule has 0 saturated carbocycles. The van der Waals surface area contributed by atoms with Crippen molar-refractivity contribution >= 4 is 46.0 Å². The summed E-state index contributed by atoms with van der Waals surface area (Å²) in [4.78, 5) is 29.6. The van der Waals surface area contributed by atoms with Crippen molar-refractivity contribution in [3.8, 4) is 0 Å². The van der Waals surface area contributed by atoms with E-state index >= 15 is 0 Å². The summed E-state index contributed by atoms with van der Waals surface area (Å²) >= 11 is 7.43. The van der Waals surface area contributed by atoms with Gasteiger partial charge in [0.1, 0.15) is 0 Å². The molecule has 0 saturated heterocycles. The highest BCUT2D eigenvalue weighted by atomic mass is 35.5. The fourth-order valence-corrected chi connectivity index (χ4v) is 3.10. The number of hydrogen-bond donors (Lipinski definition) is 3. The van der Waals surface area contributed by atoms with Crippen LogP contribution >= 0.6 is 23.4 Å². The summed E-state index contributed by atoms with van der Waals surface area (Å²) in [5, 5.41) is 3.53. The summed E-state index contributed by atoms with van der Waals surface area (Å²) in [5.41, 5.74) is 1.78. The van der Waals surface area contributed by atoms with E-state index in [1.807, 2.05) is 24.3 Å². The van der Waals surface area contributed by atoms with Gasteiger partial charge in [0, 0.05) is 27.8 Å². The van der Waals surface area contributed by atoms with Gasteiger partial charge in [0.2, 0.25) is 5.91 Å². The third kappa shape index (κ3) is 4.18. The lowest BCUT2D eigenvalue weighted by Gasteiger charge is -2.05. The van der Waals surface area contributed by atoms with Crippen molar-refractivity contribution in [2.24, 2.45) is 0 Å². The Morgan fingerprint density at radius 1 is 1.09 bits per heavy atom. The number of fused-ring (bicyclic) bond motifs is 1. The van der Waals surface area contributed by atoms with Gasteiger partial charge in [-0.15, -0.1) is 11.8 Å². The van der Waals surface area contributed by atoms with Crippen LogP contribution in [-0.2, 0) is 4.79 Å². The number of aromatic amines is 2. The van der Waals surface area contributed by atoms with Crippen LogP contribution in [0.4, 0.5) is 5.69 Å². The van der Waals surface area contributed by atoms with Crippen molar-refractivity contribution in [1.29, 1.82) is 0 Å². The minimum Gasteiger partial charge on any atom is -0.326 e. The topological polar surface area (TPSA) is 77.8 Å². The van der Waals surface area contributed by atoms with E-state index in [0.717, 1.165) is 4.90 Å². The SMILES string of the molecule is O=C(CCSc1ccc(Cl)cc1)Nc1ccc2[nH]c(=O)[nH]c2c1. The highest BCUT2D eigenvalue weighted by molar-refractivity contribution is 7.99. The molecule has 0 aliphatic heterocycles. The van der Waals surface area contributed by atoms with E-state index < -0.39 is 0 Å². The molecule has 1 aromatic heterocycles. The highest BCUT2D eigenvalue weighted by Gasteiger charge is 2.05. The fraction of sp³-hybridized carbons (Fsp3) is 0.125. The fourth-order valence-electron chi connectivity index (χ4n) is 2.13. The van der Waals surface area contributed by atoms with E-state index in [4.69, 9.17) is 11.6 Å². The van der Waals surface area contributed by atoms with Crippen LogP contribution in [0.15, 0.2) is 52.2 Å². The number of amides is 1. The zero-order valence-electron chi connectivity index (χ0n) is 12.1. The number of carbonyl (C=O) groups is 1. The molecular weight excluding hydrogens is 334 g/mol. The second-order valence-electron chi connectivity index (χ2n) is 4.94. The molecule has 0 spiro atoms. The molecule has 0 bridgehead atoms. The zero-order chi connectivity index (χ0) is 16.2. The summed E-state index contributed by atoms with van der Waals surface area (Å²) in [7, 11) is 0. The van der Waals surface area contributed by atoms with Crippen LogP contribution in [0.2, 0.25) is 5.02 Å². The highest BCUT2D eigenvalue weighted by Crippen LogP contribution is 2.21. The second kappa shape index (κ2) is 6.93. The normalized spacial score (nSPS) is 10.8. The molecule has 3 rings (SSSR count). The molecule has 0 aliphatic carbocycles. The maximum Gasteiger partial charge on any atom is 0.323 e. The van der Waals surface area contributed by atoms with E-state index in [0.29, 0.717) is 33.9 Å². The predicted octanol–water partition coefficient (Wildman–Crippen LogP) is 3.63. The lowest BCUT2D eigenvalue weighted by atomic mass is 10.2. The quantitative estimate of drug-likeness (QED) is 0.617. The summed E-state index contributed by atoms with van der Waals surface area (Å²) in [5.74, 6) is 0.611. The van der Waals surface area contributed by atoms with Gasteiger partial charge in [0.05, 0.1) is 11.0 Å². The number of imidazole rings is 1. The maximum absolute atomic E-state index is 12.0. The Morgan fingerprint density at radius 2 is 1.83 bits per heavy atom. The predicted molar refractivity (Wildman–Crippen MR) is 94.3 cm³/mol. The van der Waals surface area contributed by atoms with Crippen molar-refractivity contribution in [3.63, 3.8) is 0 Å². The van der Waals surface area contributed by atoms with Crippen LogP contribution in [0.25, 0.3) is 11.0 Å². The van der Waals surface area contributed by atoms with Crippen LogP contribution in [0.3, 0.4) is 0 Å². The first-order valence-electron chi connectivity index (χ1n) is 7.00. The van der Waals surface area contributed by atoms with Crippen molar-refractivity contribution in [2.75, 3.05) is 11.1 Å². The molecule has 118 valence electrons. The third-order valence-electron chi connectivity index (χ3n) is 3.21. The Hall–Kier alpha value is -2.18. The van der Waals surface area contributed by atoms with Crippen LogP contribution in [-0.4, -0.2) is 21.6 Å². The number of halogens is 1. The van der Waals surface area contributed by atoms with Crippen LogP contribution < -0.4 is 11.0 Å². The van der Waals surface area contributed by atoms with E-state index in [-0.39, 0.29) is 11.6 Å². The molecular formula is C16H14ClN3O2S. The largest absolute Gasteiger partial charge is 0.326 e. The van der Waals surface area contributed by atoms with Gasteiger partial charge in [-0.3, -0.25) is 4.79 Å². The number of benzene rings is 2. The van der Waals surface area contributed by atoms with Gasteiger partial charge >= 0.3 is 5.69 Å². The molecule has 0 fully saturated rings. The maximum atomic E-state index is 12.0. The van der Waals surface area contributed by atoms with Crippen molar-refractivity contribution in [1.82, 2.24) is 9.97 Å². The number of rotatable bonds is 5. The number of thioether (sulfide) groups is 1. The lowest BCUT2D eigenvalue weighted by molar-refractivity contribution is -0.115. The number of nitrogens with one attached hydrogen (secondary N) is 3. The molecule has 7 heteroatoms. The average Bonchev–Trinajstić information content (AvgIpc) is 2.88. The molecule has 3 aromatic rings. The second-order valence-corrected chi connectivity index (χ2v) is 6.54. The van der Waals surface area contributed by atoms with E-state index in [9.17, 15) is 9.59 Å². The Balaban J connectivity index is 1.53. The molecule has 0 radical (unpaired) electrons. The van der Waals surface area contributed by atoms with Gasteiger partial charge < -0.3 is 15.3 Å². The summed E-state index contributed by atoms with van der Waals surface area (Å²) in [6.07, 6.45) is 0.398. The van der Waals surface area contributed by atoms with Gasteiger partial charge in [-0.05, 0) is 42.5 Å². The van der Waals surface area contributed by atoms with Crippen LogP contribution in [0.1, 0.15) is 6.42 Å². The van der Waals surface area contributed by atoms with Gasteiger partial charge in [-0.1, -0.05) is 11.6 Å². The molecule has 0 atom stereocenters. The van der Waals surface area contributed by atoms with E-state index in [1.165, 1.54) is 0 Å². The first kappa shape index (κ1) is 15.7. The Morgan fingerprint density at radius 3 is 2.61 bits per heavy atom. The van der Waals surface area contributed by atoms with Crippen LogP contribution in [0, 0.1) is 0 Å². The molecule has 5 nitrogen and oxygen atoms in total. The first-order chi connectivity index (χ1) is 11.1. The molecule has 1 heterocycles. The average molecular weight is 348 g/mol. The summed E-state index contributed by atoms with van der Waals surface area (Å²) in [6.45, 7) is 0. The number of H-pyrrole nitrogens is 2. The smallest absolute Gasteiger partial charge is 0.323 e. The number of anilines is 1. The van der Waals surface area contributed by atoms with Gasteiger partial charge in [-0.25, -0.2) is 4.79 Å². The van der Waals surface area contributed by atoms with Crippen molar-refractivity contribution in [3.05, 3.63) is 58.0 Å². The molecule has 1 amide bonds. The summed E-state index contributed by atoms with van der Waals surface area (Å²) in [6, 6.07) is 12.8. The number of aromatic nitrogens is 2. The zero-order valence-corrected chi connectivity index (χ0v) is 13.6. The Bertz CT molecular complexity index is 886.